The molecule has 2 amide bonds. The predicted molar refractivity (Wildman–Crippen MR) is 133 cm³/mol. The molecule has 0 aliphatic carbocycles. The summed E-state index contributed by atoms with van der Waals surface area (Å²) in [5.74, 6) is -0.305. The van der Waals surface area contributed by atoms with E-state index in [1.165, 1.54) is 11.2 Å². The number of rotatable bonds is 6. The van der Waals surface area contributed by atoms with Gasteiger partial charge in [0.25, 0.3) is 0 Å². The lowest BCUT2D eigenvalue weighted by Gasteiger charge is -2.35. The lowest BCUT2D eigenvalue weighted by molar-refractivity contribution is -0.133. The Morgan fingerprint density at radius 2 is 1.35 bits per heavy atom. The number of hydrogen-bond acceptors (Lipinski definition) is 4. The molecular formula is C26H35N3O4S. The van der Waals surface area contributed by atoms with Crippen LogP contribution in [0.3, 0.4) is 0 Å². The second-order valence-corrected chi connectivity index (χ2v) is 11.0. The quantitative estimate of drug-likeness (QED) is 0.680. The normalized spacial score (nSPS) is 15.8. The number of piperazine rings is 1. The standard InChI is InChI=1S/C26H35N3O4S/c1-17-18(2)20(4)26(21(5)19(17)3)34(32,33)29-14-12-28(13-15-29)25(31)16-24(27-22(6)30)23-10-8-7-9-11-23/h7-11,24H,12-16H2,1-6H3,(H,27,30). The topological polar surface area (TPSA) is 86.8 Å². The monoisotopic (exact) mass is 485 g/mol. The van der Waals surface area contributed by atoms with E-state index in [1.54, 1.807) is 4.90 Å². The fourth-order valence-corrected chi connectivity index (χ4v) is 6.63. The fraction of sp³-hybridized carbons (Fsp3) is 0.462. The largest absolute Gasteiger partial charge is 0.349 e. The summed E-state index contributed by atoms with van der Waals surface area (Å²) < 4.78 is 28.6. The zero-order chi connectivity index (χ0) is 25.2. The summed E-state index contributed by atoms with van der Waals surface area (Å²) in [5.41, 5.74) is 5.57. The molecule has 0 saturated carbocycles. The van der Waals surface area contributed by atoms with Crippen molar-refractivity contribution in [2.24, 2.45) is 0 Å². The molecule has 7 nitrogen and oxygen atoms in total. The minimum absolute atomic E-state index is 0.103. The lowest BCUT2D eigenvalue weighted by Crippen LogP contribution is -2.51. The van der Waals surface area contributed by atoms with E-state index in [4.69, 9.17) is 0 Å². The first-order valence-corrected chi connectivity index (χ1v) is 13.1. The van der Waals surface area contributed by atoms with Crippen LogP contribution in [0.15, 0.2) is 35.2 Å². The van der Waals surface area contributed by atoms with E-state index in [0.29, 0.717) is 18.0 Å². The van der Waals surface area contributed by atoms with E-state index in [1.807, 2.05) is 65.0 Å². The van der Waals surface area contributed by atoms with Crippen LogP contribution >= 0.6 is 0 Å². The van der Waals surface area contributed by atoms with Crippen LogP contribution in [0.4, 0.5) is 0 Å². The van der Waals surface area contributed by atoms with Gasteiger partial charge in [-0.3, -0.25) is 9.59 Å². The van der Waals surface area contributed by atoms with Crippen LogP contribution in [0, 0.1) is 34.6 Å². The maximum absolute atomic E-state index is 13.6. The number of nitrogens with zero attached hydrogens (tertiary/aromatic N) is 2. The smallest absolute Gasteiger partial charge is 0.243 e. The fourth-order valence-electron chi connectivity index (χ4n) is 4.65. The van der Waals surface area contributed by atoms with Crippen molar-refractivity contribution in [3.8, 4) is 0 Å². The average Bonchev–Trinajstić information content (AvgIpc) is 2.81. The number of carbonyl (C=O) groups excluding carboxylic acids is 2. The van der Waals surface area contributed by atoms with Crippen LogP contribution < -0.4 is 5.32 Å². The molecule has 34 heavy (non-hydrogen) atoms. The molecule has 2 aromatic rings. The highest BCUT2D eigenvalue weighted by molar-refractivity contribution is 7.89. The van der Waals surface area contributed by atoms with Gasteiger partial charge in [0.2, 0.25) is 21.8 Å². The number of carbonyl (C=O) groups is 2. The van der Waals surface area contributed by atoms with E-state index in [0.717, 1.165) is 33.4 Å². The molecule has 1 aliphatic rings. The van der Waals surface area contributed by atoms with E-state index in [9.17, 15) is 18.0 Å². The molecule has 1 atom stereocenters. The second-order valence-electron chi connectivity index (χ2n) is 9.11. The molecule has 2 aromatic carbocycles. The molecule has 1 heterocycles. The highest BCUT2D eigenvalue weighted by atomic mass is 32.2. The third kappa shape index (κ3) is 5.18. The Labute approximate surface area is 203 Å². The minimum Gasteiger partial charge on any atom is -0.349 e. The summed E-state index contributed by atoms with van der Waals surface area (Å²) >= 11 is 0. The average molecular weight is 486 g/mol. The van der Waals surface area contributed by atoms with Crippen molar-refractivity contribution in [2.75, 3.05) is 26.2 Å². The first kappa shape index (κ1) is 25.9. The van der Waals surface area contributed by atoms with Crippen LogP contribution in [-0.2, 0) is 19.6 Å². The Hall–Kier alpha value is -2.71. The lowest BCUT2D eigenvalue weighted by atomic mass is 9.95. The van der Waals surface area contributed by atoms with Gasteiger partial charge < -0.3 is 10.2 Å². The number of nitrogens with one attached hydrogen (secondary N) is 1. The van der Waals surface area contributed by atoms with E-state index >= 15 is 0 Å². The first-order valence-electron chi connectivity index (χ1n) is 11.6. The molecule has 0 bridgehead atoms. The van der Waals surface area contributed by atoms with Gasteiger partial charge in [-0.2, -0.15) is 4.31 Å². The van der Waals surface area contributed by atoms with E-state index in [2.05, 4.69) is 5.32 Å². The summed E-state index contributed by atoms with van der Waals surface area (Å²) in [6, 6.07) is 8.98. The molecule has 1 aliphatic heterocycles. The van der Waals surface area contributed by atoms with Gasteiger partial charge >= 0.3 is 0 Å². The van der Waals surface area contributed by atoms with Crippen LogP contribution in [-0.4, -0.2) is 55.6 Å². The van der Waals surface area contributed by atoms with Gasteiger partial charge in [-0.25, -0.2) is 8.42 Å². The van der Waals surface area contributed by atoms with Crippen LogP contribution in [0.2, 0.25) is 0 Å². The third-order valence-electron chi connectivity index (χ3n) is 7.08. The zero-order valence-corrected chi connectivity index (χ0v) is 21.8. The molecule has 1 saturated heterocycles. The Kier molecular flexibility index (Phi) is 7.83. The van der Waals surface area contributed by atoms with Crippen molar-refractivity contribution >= 4 is 21.8 Å². The molecule has 1 fully saturated rings. The maximum atomic E-state index is 13.6. The van der Waals surface area contributed by atoms with E-state index in [-0.39, 0.29) is 31.3 Å². The van der Waals surface area contributed by atoms with Crippen molar-refractivity contribution in [3.63, 3.8) is 0 Å². The third-order valence-corrected chi connectivity index (χ3v) is 9.25. The minimum atomic E-state index is -3.68. The SMILES string of the molecule is CC(=O)NC(CC(=O)N1CCN(S(=O)(=O)c2c(C)c(C)c(C)c(C)c2C)CC1)c1ccccc1. The predicted octanol–water partition coefficient (Wildman–Crippen LogP) is 3.33. The molecule has 1 unspecified atom stereocenters. The van der Waals surface area contributed by atoms with Gasteiger partial charge in [0.05, 0.1) is 17.4 Å². The molecular weight excluding hydrogens is 450 g/mol. The Morgan fingerprint density at radius 3 is 1.85 bits per heavy atom. The number of benzene rings is 2. The van der Waals surface area contributed by atoms with Gasteiger partial charge in [0.1, 0.15) is 0 Å². The summed E-state index contributed by atoms with van der Waals surface area (Å²) in [6.45, 7) is 12.3. The van der Waals surface area contributed by atoms with Crippen LogP contribution in [0.1, 0.15) is 52.8 Å². The summed E-state index contributed by atoms with van der Waals surface area (Å²) in [4.78, 5) is 26.8. The highest BCUT2D eigenvalue weighted by Crippen LogP contribution is 2.32. The number of hydrogen-bond donors (Lipinski definition) is 1. The molecule has 1 N–H and O–H groups in total. The molecule has 3 rings (SSSR count). The molecule has 0 spiro atoms. The maximum Gasteiger partial charge on any atom is 0.243 e. The molecule has 0 radical (unpaired) electrons. The van der Waals surface area contributed by atoms with Gasteiger partial charge in [0.15, 0.2) is 0 Å². The summed E-state index contributed by atoms with van der Waals surface area (Å²) in [5, 5.41) is 2.86. The van der Waals surface area contributed by atoms with Crippen molar-refractivity contribution in [1.29, 1.82) is 0 Å². The second kappa shape index (κ2) is 10.3. The first-order chi connectivity index (χ1) is 15.9. The molecule has 0 aromatic heterocycles. The van der Waals surface area contributed by atoms with Crippen molar-refractivity contribution in [2.45, 2.75) is 58.9 Å². The summed E-state index contributed by atoms with van der Waals surface area (Å²) in [6.07, 6.45) is 0.130. The van der Waals surface area contributed by atoms with Crippen molar-refractivity contribution < 1.29 is 18.0 Å². The Morgan fingerprint density at radius 1 is 0.853 bits per heavy atom. The van der Waals surface area contributed by atoms with E-state index < -0.39 is 16.1 Å². The Balaban J connectivity index is 1.74. The molecule has 184 valence electrons. The zero-order valence-electron chi connectivity index (χ0n) is 20.9. The van der Waals surface area contributed by atoms with Crippen molar-refractivity contribution in [1.82, 2.24) is 14.5 Å². The Bertz CT molecular complexity index is 1160. The van der Waals surface area contributed by atoms with Crippen molar-refractivity contribution in [3.05, 3.63) is 63.7 Å². The van der Waals surface area contributed by atoms with Gasteiger partial charge in [0, 0.05) is 33.1 Å². The number of amides is 2. The van der Waals surface area contributed by atoms with Gasteiger partial charge in [-0.05, 0) is 68.0 Å². The van der Waals surface area contributed by atoms with Gasteiger partial charge in [-0.1, -0.05) is 30.3 Å². The summed E-state index contributed by atoms with van der Waals surface area (Å²) in [7, 11) is -3.68. The highest BCUT2D eigenvalue weighted by Gasteiger charge is 2.34. The van der Waals surface area contributed by atoms with Crippen LogP contribution in [0.25, 0.3) is 0 Å². The van der Waals surface area contributed by atoms with Gasteiger partial charge in [-0.15, -0.1) is 0 Å². The molecule has 8 heteroatoms. The number of sulfonamides is 1. The van der Waals surface area contributed by atoms with Crippen LogP contribution in [0.5, 0.6) is 0 Å².